The largest absolute Gasteiger partial charge is 0.339 e. The fourth-order valence-corrected chi connectivity index (χ4v) is 3.48. The molecule has 1 aliphatic heterocycles. The van der Waals surface area contributed by atoms with E-state index in [-0.39, 0.29) is 17.4 Å². The number of nitrogens with zero attached hydrogens (tertiary/aromatic N) is 3. The van der Waals surface area contributed by atoms with Gasteiger partial charge in [0, 0.05) is 26.3 Å². The summed E-state index contributed by atoms with van der Waals surface area (Å²) in [6.07, 6.45) is 4.70. The molecule has 1 fully saturated rings. The first kappa shape index (κ1) is 15.4. The lowest BCUT2D eigenvalue weighted by Crippen LogP contribution is -2.40. The summed E-state index contributed by atoms with van der Waals surface area (Å²) >= 11 is 0. The van der Waals surface area contributed by atoms with Crippen LogP contribution in [0, 0.1) is 5.92 Å². The Balaban J connectivity index is 0.00000162. The fourth-order valence-electron chi connectivity index (χ4n) is 2.04. The molecule has 0 aliphatic carbocycles. The average Bonchev–Trinajstić information content (AvgIpc) is 2.77. The number of halogens is 1. The Labute approximate surface area is 114 Å². The molecule has 6 nitrogen and oxygen atoms in total. The Morgan fingerprint density at radius 2 is 2.06 bits per heavy atom. The number of nitrogens with two attached hydrogens (primary N) is 1. The van der Waals surface area contributed by atoms with Crippen LogP contribution in [0.25, 0.3) is 0 Å². The lowest BCUT2D eigenvalue weighted by Gasteiger charge is -2.29. The minimum absolute atomic E-state index is 0. The summed E-state index contributed by atoms with van der Waals surface area (Å²) in [5, 5.41) is 0.131. The highest BCUT2D eigenvalue weighted by Crippen LogP contribution is 2.21. The maximum atomic E-state index is 12.2. The first-order valence-electron chi connectivity index (χ1n) is 5.72. The predicted molar refractivity (Wildman–Crippen MR) is 71.0 cm³/mol. The minimum atomic E-state index is -3.41. The van der Waals surface area contributed by atoms with E-state index >= 15 is 0 Å². The van der Waals surface area contributed by atoms with Crippen molar-refractivity contribution < 1.29 is 8.42 Å². The highest BCUT2D eigenvalue weighted by Gasteiger charge is 2.30. The van der Waals surface area contributed by atoms with E-state index in [1.807, 2.05) is 0 Å². The molecule has 1 aliphatic rings. The Morgan fingerprint density at radius 1 is 1.44 bits per heavy atom. The molecule has 104 valence electrons. The lowest BCUT2D eigenvalue weighted by molar-refractivity contribution is 0.278. The third-order valence-electron chi connectivity index (χ3n) is 3.19. The minimum Gasteiger partial charge on any atom is -0.339 e. The molecule has 0 amide bonds. The zero-order valence-corrected chi connectivity index (χ0v) is 12.0. The maximum Gasteiger partial charge on any atom is 0.262 e. The van der Waals surface area contributed by atoms with Crippen molar-refractivity contribution in [3.63, 3.8) is 0 Å². The van der Waals surface area contributed by atoms with Crippen LogP contribution in [0.15, 0.2) is 17.6 Å². The summed E-state index contributed by atoms with van der Waals surface area (Å²) in [6.45, 7) is 1.72. The van der Waals surface area contributed by atoms with Gasteiger partial charge in [-0.15, -0.1) is 12.4 Å². The van der Waals surface area contributed by atoms with Gasteiger partial charge in [0.25, 0.3) is 10.0 Å². The number of aryl methyl sites for hydroxylation is 1. The summed E-state index contributed by atoms with van der Waals surface area (Å²) in [5.41, 5.74) is 5.59. The van der Waals surface area contributed by atoms with E-state index in [1.54, 1.807) is 11.6 Å². The molecule has 1 aromatic heterocycles. The summed E-state index contributed by atoms with van der Waals surface area (Å²) in [6, 6.07) is 0. The second-order valence-corrected chi connectivity index (χ2v) is 6.35. The van der Waals surface area contributed by atoms with Crippen LogP contribution in [0.5, 0.6) is 0 Å². The highest BCUT2D eigenvalue weighted by molar-refractivity contribution is 7.89. The zero-order valence-electron chi connectivity index (χ0n) is 10.3. The van der Waals surface area contributed by atoms with E-state index in [9.17, 15) is 8.42 Å². The van der Waals surface area contributed by atoms with Crippen molar-refractivity contribution in [2.24, 2.45) is 18.7 Å². The molecule has 8 heteroatoms. The van der Waals surface area contributed by atoms with Crippen LogP contribution in [0.4, 0.5) is 0 Å². The van der Waals surface area contributed by atoms with E-state index in [0.717, 1.165) is 12.8 Å². The maximum absolute atomic E-state index is 12.2. The predicted octanol–water partition coefficient (Wildman–Crippen LogP) is 0.201. The van der Waals surface area contributed by atoms with Crippen molar-refractivity contribution in [3.8, 4) is 0 Å². The monoisotopic (exact) mass is 294 g/mol. The number of sulfonamides is 1. The number of hydrogen-bond donors (Lipinski definition) is 1. The van der Waals surface area contributed by atoms with Crippen molar-refractivity contribution in [2.45, 2.75) is 17.9 Å². The van der Waals surface area contributed by atoms with Crippen molar-refractivity contribution in [3.05, 3.63) is 12.5 Å². The Hall–Kier alpha value is -0.630. The average molecular weight is 295 g/mol. The molecule has 2 N–H and O–H groups in total. The molecule has 2 rings (SSSR count). The molecule has 2 heterocycles. The third-order valence-corrected chi connectivity index (χ3v) is 4.98. The van der Waals surface area contributed by atoms with Crippen molar-refractivity contribution in [1.82, 2.24) is 13.9 Å². The Kier molecular flexibility index (Phi) is 5.15. The summed E-state index contributed by atoms with van der Waals surface area (Å²) < 4.78 is 27.6. The number of hydrogen-bond acceptors (Lipinski definition) is 4. The van der Waals surface area contributed by atoms with Gasteiger partial charge < -0.3 is 10.3 Å². The first-order valence-corrected chi connectivity index (χ1v) is 7.16. The van der Waals surface area contributed by atoms with Gasteiger partial charge >= 0.3 is 0 Å². The van der Waals surface area contributed by atoms with Gasteiger partial charge in [-0.2, -0.15) is 4.31 Å². The molecular formula is C10H19ClN4O2S. The van der Waals surface area contributed by atoms with Gasteiger partial charge in [-0.05, 0) is 25.3 Å². The lowest BCUT2D eigenvalue weighted by atomic mass is 9.99. The standard InChI is InChI=1S/C10H18N4O2S.ClH/c1-13-7-10(12-8-13)17(15,16)14-4-2-9(6-11)3-5-14;/h7-9H,2-6,11H2,1H3;1H. The van der Waals surface area contributed by atoms with E-state index in [0.29, 0.717) is 25.6 Å². The normalized spacial score (nSPS) is 18.6. The molecule has 18 heavy (non-hydrogen) atoms. The molecule has 0 bridgehead atoms. The second kappa shape index (κ2) is 6.01. The Bertz CT molecular complexity index is 480. The van der Waals surface area contributed by atoms with Crippen LogP contribution < -0.4 is 5.73 Å². The summed E-state index contributed by atoms with van der Waals surface area (Å²) in [5.74, 6) is 0.449. The van der Waals surface area contributed by atoms with Crippen molar-refractivity contribution >= 4 is 22.4 Å². The summed E-state index contributed by atoms with van der Waals surface area (Å²) in [7, 11) is -1.66. The molecule has 0 radical (unpaired) electrons. The fraction of sp³-hybridized carbons (Fsp3) is 0.700. The van der Waals surface area contributed by atoms with Gasteiger partial charge in [-0.3, -0.25) is 0 Å². The number of piperidine rings is 1. The number of aromatic nitrogens is 2. The molecule has 0 aromatic carbocycles. The number of rotatable bonds is 3. The van der Waals surface area contributed by atoms with Gasteiger partial charge in [-0.1, -0.05) is 0 Å². The van der Waals surface area contributed by atoms with E-state index in [4.69, 9.17) is 5.73 Å². The van der Waals surface area contributed by atoms with E-state index < -0.39 is 10.0 Å². The van der Waals surface area contributed by atoms with Crippen LogP contribution in [0.2, 0.25) is 0 Å². The molecule has 0 atom stereocenters. The van der Waals surface area contributed by atoms with Crippen LogP contribution in [0.3, 0.4) is 0 Å². The Morgan fingerprint density at radius 3 is 2.50 bits per heavy atom. The van der Waals surface area contributed by atoms with Gasteiger partial charge in [0.05, 0.1) is 6.33 Å². The SMILES string of the molecule is Cl.Cn1cnc(S(=O)(=O)N2CCC(CN)CC2)c1. The molecule has 0 saturated carbocycles. The van der Waals surface area contributed by atoms with Crippen molar-refractivity contribution in [1.29, 1.82) is 0 Å². The van der Waals surface area contributed by atoms with Crippen LogP contribution >= 0.6 is 12.4 Å². The molecule has 1 saturated heterocycles. The smallest absolute Gasteiger partial charge is 0.262 e. The number of imidazole rings is 1. The first-order chi connectivity index (χ1) is 8.04. The highest BCUT2D eigenvalue weighted by atomic mass is 35.5. The van der Waals surface area contributed by atoms with Gasteiger partial charge in [-0.25, -0.2) is 13.4 Å². The van der Waals surface area contributed by atoms with E-state index in [2.05, 4.69) is 4.98 Å². The van der Waals surface area contributed by atoms with E-state index in [1.165, 1.54) is 16.8 Å². The van der Waals surface area contributed by atoms with Gasteiger partial charge in [0.1, 0.15) is 0 Å². The zero-order chi connectivity index (χ0) is 12.5. The third kappa shape index (κ3) is 3.03. The van der Waals surface area contributed by atoms with Crippen LogP contribution in [-0.4, -0.2) is 41.9 Å². The molecule has 1 aromatic rings. The molecular weight excluding hydrogens is 276 g/mol. The topological polar surface area (TPSA) is 81.2 Å². The van der Waals surface area contributed by atoms with Crippen LogP contribution in [0.1, 0.15) is 12.8 Å². The van der Waals surface area contributed by atoms with Gasteiger partial charge in [0.2, 0.25) is 0 Å². The second-order valence-electron chi connectivity index (χ2n) is 4.46. The molecule has 0 spiro atoms. The van der Waals surface area contributed by atoms with Gasteiger partial charge in [0.15, 0.2) is 5.03 Å². The molecule has 0 unspecified atom stereocenters. The quantitative estimate of drug-likeness (QED) is 0.863. The van der Waals surface area contributed by atoms with Crippen molar-refractivity contribution in [2.75, 3.05) is 19.6 Å². The van der Waals surface area contributed by atoms with Crippen LogP contribution in [-0.2, 0) is 17.1 Å². The summed E-state index contributed by atoms with van der Waals surface area (Å²) in [4.78, 5) is 3.91.